The number of benzene rings is 1. The number of aryl methyl sites for hydroxylation is 1. The third-order valence-electron chi connectivity index (χ3n) is 3.09. The SMILES string of the molecule is Cc1nn(Cc2ccc3ncccc3c2)c(N)c1Cl. The highest BCUT2D eigenvalue weighted by Crippen LogP contribution is 2.23. The first-order chi connectivity index (χ1) is 9.15. The number of halogens is 1. The van der Waals surface area contributed by atoms with E-state index in [0.717, 1.165) is 22.2 Å². The van der Waals surface area contributed by atoms with E-state index in [1.807, 2.05) is 31.2 Å². The van der Waals surface area contributed by atoms with Crippen molar-refractivity contribution in [3.05, 3.63) is 52.8 Å². The Morgan fingerprint density at radius 1 is 1.32 bits per heavy atom. The Balaban J connectivity index is 1.98. The number of nitrogens with zero attached hydrogens (tertiary/aromatic N) is 3. The predicted octanol–water partition coefficient (Wildman–Crippen LogP) is 3.02. The van der Waals surface area contributed by atoms with Gasteiger partial charge in [-0.05, 0) is 30.7 Å². The Bertz CT molecular complexity index is 748. The number of nitrogen functional groups attached to an aromatic ring is 1. The van der Waals surface area contributed by atoms with E-state index < -0.39 is 0 Å². The lowest BCUT2D eigenvalue weighted by atomic mass is 10.1. The molecule has 2 heterocycles. The summed E-state index contributed by atoms with van der Waals surface area (Å²) >= 11 is 6.04. The minimum Gasteiger partial charge on any atom is -0.383 e. The maximum absolute atomic E-state index is 6.04. The molecule has 0 unspecified atom stereocenters. The topological polar surface area (TPSA) is 56.7 Å². The molecule has 0 spiro atoms. The minimum atomic E-state index is 0.505. The molecule has 4 nitrogen and oxygen atoms in total. The predicted molar refractivity (Wildman–Crippen MR) is 77.2 cm³/mol. The summed E-state index contributed by atoms with van der Waals surface area (Å²) < 4.78 is 1.72. The third-order valence-corrected chi connectivity index (χ3v) is 3.56. The van der Waals surface area contributed by atoms with E-state index in [9.17, 15) is 0 Å². The molecule has 1 aromatic carbocycles. The zero-order valence-electron chi connectivity index (χ0n) is 10.5. The first-order valence-corrected chi connectivity index (χ1v) is 6.35. The lowest BCUT2D eigenvalue weighted by molar-refractivity contribution is 0.690. The Morgan fingerprint density at radius 3 is 2.89 bits per heavy atom. The lowest BCUT2D eigenvalue weighted by Crippen LogP contribution is -2.06. The van der Waals surface area contributed by atoms with Crippen LogP contribution in [0.15, 0.2) is 36.5 Å². The molecule has 0 aliphatic heterocycles. The molecule has 0 atom stereocenters. The number of pyridine rings is 1. The van der Waals surface area contributed by atoms with Crippen molar-refractivity contribution in [3.8, 4) is 0 Å². The normalized spacial score (nSPS) is 11.1. The van der Waals surface area contributed by atoms with Crippen LogP contribution in [0.2, 0.25) is 5.02 Å². The molecule has 3 aromatic rings. The Kier molecular flexibility index (Phi) is 2.87. The van der Waals surface area contributed by atoms with Crippen molar-refractivity contribution in [2.45, 2.75) is 13.5 Å². The zero-order valence-corrected chi connectivity index (χ0v) is 11.2. The standard InChI is InChI=1S/C14H13ClN4/c1-9-13(15)14(16)19(18-9)8-10-4-5-12-11(7-10)3-2-6-17-12/h2-7H,8,16H2,1H3. The molecule has 0 fully saturated rings. The van der Waals surface area contributed by atoms with Crippen LogP contribution in [0.25, 0.3) is 10.9 Å². The molecular weight excluding hydrogens is 260 g/mol. The van der Waals surface area contributed by atoms with E-state index in [1.54, 1.807) is 10.9 Å². The van der Waals surface area contributed by atoms with Gasteiger partial charge in [0.2, 0.25) is 0 Å². The van der Waals surface area contributed by atoms with Crippen LogP contribution in [0, 0.1) is 6.92 Å². The molecule has 0 saturated heterocycles. The van der Waals surface area contributed by atoms with E-state index in [1.165, 1.54) is 0 Å². The van der Waals surface area contributed by atoms with Crippen LogP contribution in [-0.4, -0.2) is 14.8 Å². The number of hydrogen-bond donors (Lipinski definition) is 1. The van der Waals surface area contributed by atoms with E-state index in [2.05, 4.69) is 16.1 Å². The molecule has 0 aliphatic carbocycles. The highest BCUT2D eigenvalue weighted by molar-refractivity contribution is 6.33. The molecule has 2 N–H and O–H groups in total. The van der Waals surface area contributed by atoms with E-state index >= 15 is 0 Å². The van der Waals surface area contributed by atoms with Crippen molar-refractivity contribution in [1.82, 2.24) is 14.8 Å². The van der Waals surface area contributed by atoms with E-state index in [0.29, 0.717) is 17.4 Å². The van der Waals surface area contributed by atoms with Crippen LogP contribution in [0.4, 0.5) is 5.82 Å². The van der Waals surface area contributed by atoms with Crippen LogP contribution >= 0.6 is 11.6 Å². The first kappa shape index (κ1) is 12.0. The summed E-state index contributed by atoms with van der Waals surface area (Å²) in [5, 5.41) is 5.96. The summed E-state index contributed by atoms with van der Waals surface area (Å²) in [5.74, 6) is 0.505. The van der Waals surface area contributed by atoms with Crippen LogP contribution in [0.3, 0.4) is 0 Å². The van der Waals surface area contributed by atoms with Gasteiger partial charge in [0, 0.05) is 11.6 Å². The van der Waals surface area contributed by atoms with E-state index in [4.69, 9.17) is 17.3 Å². The van der Waals surface area contributed by atoms with Gasteiger partial charge in [0.05, 0.1) is 17.8 Å². The quantitative estimate of drug-likeness (QED) is 0.780. The van der Waals surface area contributed by atoms with Gasteiger partial charge in [0.15, 0.2) is 0 Å². The second-order valence-corrected chi connectivity index (χ2v) is 4.85. The summed E-state index contributed by atoms with van der Waals surface area (Å²) in [7, 11) is 0. The average Bonchev–Trinajstić information content (AvgIpc) is 2.66. The average molecular weight is 273 g/mol. The van der Waals surface area contributed by atoms with Crippen molar-refractivity contribution >= 4 is 28.3 Å². The van der Waals surface area contributed by atoms with Gasteiger partial charge >= 0.3 is 0 Å². The van der Waals surface area contributed by atoms with Crippen molar-refractivity contribution in [1.29, 1.82) is 0 Å². The number of rotatable bonds is 2. The summed E-state index contributed by atoms with van der Waals surface area (Å²) in [6.07, 6.45) is 1.79. The van der Waals surface area contributed by atoms with Crippen molar-refractivity contribution in [2.75, 3.05) is 5.73 Å². The molecule has 0 bridgehead atoms. The molecule has 0 saturated carbocycles. The number of anilines is 1. The fourth-order valence-electron chi connectivity index (χ4n) is 2.09. The van der Waals surface area contributed by atoms with Crippen molar-refractivity contribution in [2.24, 2.45) is 0 Å². The number of nitrogens with two attached hydrogens (primary N) is 1. The van der Waals surface area contributed by atoms with Gasteiger partial charge in [0.25, 0.3) is 0 Å². The van der Waals surface area contributed by atoms with Crippen LogP contribution in [-0.2, 0) is 6.54 Å². The van der Waals surface area contributed by atoms with Crippen LogP contribution < -0.4 is 5.73 Å². The summed E-state index contributed by atoms with van der Waals surface area (Å²) in [6.45, 7) is 2.45. The fourth-order valence-corrected chi connectivity index (χ4v) is 2.23. The highest BCUT2D eigenvalue weighted by Gasteiger charge is 2.10. The van der Waals surface area contributed by atoms with Gasteiger partial charge in [-0.1, -0.05) is 23.7 Å². The maximum atomic E-state index is 6.04. The Hall–Kier alpha value is -2.07. The van der Waals surface area contributed by atoms with E-state index in [-0.39, 0.29) is 0 Å². The van der Waals surface area contributed by atoms with Gasteiger partial charge in [-0.2, -0.15) is 5.10 Å². The lowest BCUT2D eigenvalue weighted by Gasteiger charge is -2.05. The Morgan fingerprint density at radius 2 is 2.16 bits per heavy atom. The second kappa shape index (κ2) is 4.55. The molecule has 0 amide bonds. The summed E-state index contributed by atoms with van der Waals surface area (Å²) in [4.78, 5) is 4.30. The summed E-state index contributed by atoms with van der Waals surface area (Å²) in [6, 6.07) is 10.1. The van der Waals surface area contributed by atoms with Crippen molar-refractivity contribution in [3.63, 3.8) is 0 Å². The van der Waals surface area contributed by atoms with Gasteiger partial charge in [-0.15, -0.1) is 0 Å². The maximum Gasteiger partial charge on any atom is 0.141 e. The molecule has 96 valence electrons. The third kappa shape index (κ3) is 2.15. The van der Waals surface area contributed by atoms with Gasteiger partial charge in [0.1, 0.15) is 10.8 Å². The van der Waals surface area contributed by atoms with Crippen LogP contribution in [0.1, 0.15) is 11.3 Å². The molecule has 0 radical (unpaired) electrons. The molecule has 0 aliphatic rings. The monoisotopic (exact) mass is 272 g/mol. The smallest absolute Gasteiger partial charge is 0.141 e. The van der Waals surface area contributed by atoms with Gasteiger partial charge in [-0.25, -0.2) is 4.68 Å². The molecular formula is C14H13ClN4. The first-order valence-electron chi connectivity index (χ1n) is 5.97. The minimum absolute atomic E-state index is 0.505. The fraction of sp³-hybridized carbons (Fsp3) is 0.143. The second-order valence-electron chi connectivity index (χ2n) is 4.47. The van der Waals surface area contributed by atoms with Crippen LogP contribution in [0.5, 0.6) is 0 Å². The van der Waals surface area contributed by atoms with Gasteiger partial charge in [-0.3, -0.25) is 4.98 Å². The number of hydrogen-bond acceptors (Lipinski definition) is 3. The van der Waals surface area contributed by atoms with Crippen molar-refractivity contribution < 1.29 is 0 Å². The number of fused-ring (bicyclic) bond motifs is 1. The molecule has 2 aromatic heterocycles. The number of aromatic nitrogens is 3. The highest BCUT2D eigenvalue weighted by atomic mass is 35.5. The molecule has 5 heteroatoms. The zero-order chi connectivity index (χ0) is 13.4. The molecule has 19 heavy (non-hydrogen) atoms. The summed E-state index contributed by atoms with van der Waals surface area (Å²) in [5.41, 5.74) is 8.77. The van der Waals surface area contributed by atoms with Gasteiger partial charge < -0.3 is 5.73 Å². The Labute approximate surface area is 115 Å². The molecule has 3 rings (SSSR count). The largest absolute Gasteiger partial charge is 0.383 e.